The third-order valence-electron chi connectivity index (χ3n) is 6.19. The molecular formula is C25H26N4O. The molecule has 0 aliphatic carbocycles. The predicted octanol–water partition coefficient (Wildman–Crippen LogP) is 4.34. The lowest BCUT2D eigenvalue weighted by molar-refractivity contribution is -0.122. The molecule has 0 N–H and O–H groups in total. The van der Waals surface area contributed by atoms with Gasteiger partial charge in [0.15, 0.2) is 0 Å². The van der Waals surface area contributed by atoms with E-state index < -0.39 is 0 Å². The quantitative estimate of drug-likeness (QED) is 0.659. The molecule has 1 amide bonds. The molecule has 1 saturated heterocycles. The number of aromatic nitrogens is 2. The number of hydrogen-bond acceptors (Lipinski definition) is 4. The third-order valence-corrected chi connectivity index (χ3v) is 6.19. The van der Waals surface area contributed by atoms with Crippen molar-refractivity contribution in [2.24, 2.45) is 5.92 Å². The van der Waals surface area contributed by atoms with Crippen molar-refractivity contribution in [1.82, 2.24) is 9.97 Å². The van der Waals surface area contributed by atoms with Crippen molar-refractivity contribution in [3.63, 3.8) is 0 Å². The maximum absolute atomic E-state index is 13.4. The van der Waals surface area contributed by atoms with Crippen LogP contribution in [0.25, 0.3) is 11.3 Å². The molecule has 1 unspecified atom stereocenters. The summed E-state index contributed by atoms with van der Waals surface area (Å²) in [5, 5.41) is 0. The van der Waals surface area contributed by atoms with Crippen LogP contribution in [-0.2, 0) is 11.2 Å². The Balaban J connectivity index is 1.35. The molecule has 1 atom stereocenters. The van der Waals surface area contributed by atoms with Gasteiger partial charge in [-0.25, -0.2) is 9.97 Å². The molecule has 2 aliphatic heterocycles. The van der Waals surface area contributed by atoms with Gasteiger partial charge in [0.2, 0.25) is 5.91 Å². The van der Waals surface area contributed by atoms with Crippen LogP contribution in [0.2, 0.25) is 0 Å². The van der Waals surface area contributed by atoms with E-state index in [-0.39, 0.29) is 11.8 Å². The minimum Gasteiger partial charge on any atom is -0.356 e. The van der Waals surface area contributed by atoms with E-state index in [1.165, 1.54) is 5.56 Å². The second kappa shape index (κ2) is 8.27. The van der Waals surface area contributed by atoms with Crippen molar-refractivity contribution in [3.8, 4) is 11.3 Å². The highest BCUT2D eigenvalue weighted by molar-refractivity contribution is 5.96. The molecule has 0 radical (unpaired) electrons. The van der Waals surface area contributed by atoms with E-state index in [2.05, 4.69) is 45.2 Å². The first-order valence-electron chi connectivity index (χ1n) is 10.8. The summed E-state index contributed by atoms with van der Waals surface area (Å²) >= 11 is 0. The summed E-state index contributed by atoms with van der Waals surface area (Å²) in [6.07, 6.45) is 5.65. The van der Waals surface area contributed by atoms with E-state index >= 15 is 0 Å². The van der Waals surface area contributed by atoms with Crippen LogP contribution in [0.15, 0.2) is 67.0 Å². The molecule has 2 aromatic carbocycles. The number of rotatable bonds is 3. The van der Waals surface area contributed by atoms with Crippen LogP contribution >= 0.6 is 0 Å². The second-order valence-electron chi connectivity index (χ2n) is 8.13. The van der Waals surface area contributed by atoms with Gasteiger partial charge in [0, 0.05) is 37.0 Å². The van der Waals surface area contributed by atoms with Crippen LogP contribution in [0.4, 0.5) is 11.5 Å². The van der Waals surface area contributed by atoms with E-state index in [0.29, 0.717) is 6.54 Å². The molecule has 1 fully saturated rings. The molecule has 0 saturated carbocycles. The van der Waals surface area contributed by atoms with Crippen LogP contribution in [-0.4, -0.2) is 35.5 Å². The molecule has 5 heteroatoms. The standard InChI is InChI=1S/C25H26N4O/c30-25(29-15-7-11-20-10-4-5-13-23(20)29)21-12-6-14-28(17-21)24-16-22(26-18-27-24)19-8-2-1-3-9-19/h1-5,8-10,13,16,18,21H,6-7,11-12,14-15,17H2. The first-order valence-corrected chi connectivity index (χ1v) is 10.8. The minimum atomic E-state index is 0.0000433. The SMILES string of the molecule is O=C(C1CCCN(c2cc(-c3ccccc3)ncn2)C1)N1CCCc2ccccc21. The molecule has 0 bridgehead atoms. The van der Waals surface area contributed by atoms with Crippen molar-refractivity contribution >= 4 is 17.4 Å². The number of carbonyl (C=O) groups excluding carboxylic acids is 1. The van der Waals surface area contributed by atoms with Gasteiger partial charge in [-0.15, -0.1) is 0 Å². The van der Waals surface area contributed by atoms with Gasteiger partial charge in [-0.1, -0.05) is 48.5 Å². The summed E-state index contributed by atoms with van der Waals surface area (Å²) < 4.78 is 0. The lowest BCUT2D eigenvalue weighted by Crippen LogP contribution is -2.46. The number of nitrogens with zero attached hydrogens (tertiary/aromatic N) is 4. The predicted molar refractivity (Wildman–Crippen MR) is 120 cm³/mol. The highest BCUT2D eigenvalue weighted by Crippen LogP contribution is 2.31. The fourth-order valence-electron chi connectivity index (χ4n) is 4.66. The highest BCUT2D eigenvalue weighted by atomic mass is 16.2. The van der Waals surface area contributed by atoms with Crippen molar-refractivity contribution in [2.75, 3.05) is 29.4 Å². The molecule has 30 heavy (non-hydrogen) atoms. The molecule has 1 aromatic heterocycles. The van der Waals surface area contributed by atoms with Crippen LogP contribution in [0.5, 0.6) is 0 Å². The fourth-order valence-corrected chi connectivity index (χ4v) is 4.66. The van der Waals surface area contributed by atoms with Gasteiger partial charge < -0.3 is 9.80 Å². The van der Waals surface area contributed by atoms with E-state index in [1.54, 1.807) is 6.33 Å². The normalized spacial score (nSPS) is 18.7. The number of anilines is 2. The van der Waals surface area contributed by atoms with Gasteiger partial charge in [-0.2, -0.15) is 0 Å². The summed E-state index contributed by atoms with van der Waals surface area (Å²) in [7, 11) is 0. The van der Waals surface area contributed by atoms with Crippen LogP contribution < -0.4 is 9.80 Å². The van der Waals surface area contributed by atoms with Gasteiger partial charge in [-0.05, 0) is 37.3 Å². The summed E-state index contributed by atoms with van der Waals surface area (Å²) in [4.78, 5) is 26.7. The largest absolute Gasteiger partial charge is 0.356 e. The first kappa shape index (κ1) is 18.8. The van der Waals surface area contributed by atoms with Crippen molar-refractivity contribution in [1.29, 1.82) is 0 Å². The summed E-state index contributed by atoms with van der Waals surface area (Å²) in [5.41, 5.74) is 4.38. The number of amides is 1. The van der Waals surface area contributed by atoms with Gasteiger partial charge in [0.05, 0.1) is 11.6 Å². The first-order chi connectivity index (χ1) is 14.8. The molecule has 152 valence electrons. The highest BCUT2D eigenvalue weighted by Gasteiger charge is 2.32. The Hall–Kier alpha value is -3.21. The smallest absolute Gasteiger partial charge is 0.231 e. The number of piperidine rings is 1. The Morgan fingerprint density at radius 1 is 0.933 bits per heavy atom. The van der Waals surface area contributed by atoms with Crippen LogP contribution in [0.1, 0.15) is 24.8 Å². The van der Waals surface area contributed by atoms with E-state index in [9.17, 15) is 4.79 Å². The maximum atomic E-state index is 13.4. The van der Waals surface area contributed by atoms with Gasteiger partial charge in [0.1, 0.15) is 12.1 Å². The van der Waals surface area contributed by atoms with Crippen LogP contribution in [0, 0.1) is 5.92 Å². The number of benzene rings is 2. The number of aryl methyl sites for hydroxylation is 1. The number of carbonyl (C=O) groups is 1. The summed E-state index contributed by atoms with van der Waals surface area (Å²) in [6.45, 7) is 2.45. The Labute approximate surface area is 177 Å². The minimum absolute atomic E-state index is 0.0000433. The van der Waals surface area contributed by atoms with Gasteiger partial charge in [0.25, 0.3) is 0 Å². The lowest BCUT2D eigenvalue weighted by atomic mass is 9.94. The number of para-hydroxylation sites is 1. The maximum Gasteiger partial charge on any atom is 0.231 e. The zero-order valence-electron chi connectivity index (χ0n) is 17.1. The molecular weight excluding hydrogens is 372 g/mol. The van der Waals surface area contributed by atoms with Gasteiger partial charge in [-0.3, -0.25) is 4.79 Å². The third kappa shape index (κ3) is 3.67. The average Bonchev–Trinajstić information content (AvgIpc) is 2.84. The van der Waals surface area contributed by atoms with Crippen molar-refractivity contribution in [3.05, 3.63) is 72.6 Å². The Kier molecular flexibility index (Phi) is 5.18. The molecule has 3 heterocycles. The summed E-state index contributed by atoms with van der Waals surface area (Å²) in [6, 6.07) is 20.5. The fraction of sp³-hybridized carbons (Fsp3) is 0.320. The lowest BCUT2D eigenvalue weighted by Gasteiger charge is -2.37. The zero-order chi connectivity index (χ0) is 20.3. The monoisotopic (exact) mass is 398 g/mol. The average molecular weight is 399 g/mol. The van der Waals surface area contributed by atoms with Crippen molar-refractivity contribution in [2.45, 2.75) is 25.7 Å². The Morgan fingerprint density at radius 3 is 2.67 bits per heavy atom. The second-order valence-corrected chi connectivity index (χ2v) is 8.13. The van der Waals surface area contributed by atoms with E-state index in [4.69, 9.17) is 0 Å². The van der Waals surface area contributed by atoms with E-state index in [0.717, 1.165) is 61.5 Å². The topological polar surface area (TPSA) is 49.3 Å². The zero-order valence-corrected chi connectivity index (χ0v) is 17.1. The summed E-state index contributed by atoms with van der Waals surface area (Å²) in [5.74, 6) is 1.16. The Bertz CT molecular complexity index is 1040. The molecule has 3 aromatic rings. The molecule has 2 aliphatic rings. The molecule has 0 spiro atoms. The van der Waals surface area contributed by atoms with Gasteiger partial charge >= 0.3 is 0 Å². The Morgan fingerprint density at radius 2 is 1.77 bits per heavy atom. The molecule has 5 nitrogen and oxygen atoms in total. The van der Waals surface area contributed by atoms with E-state index in [1.807, 2.05) is 35.2 Å². The number of hydrogen-bond donors (Lipinski definition) is 0. The number of fused-ring (bicyclic) bond motifs is 1. The van der Waals surface area contributed by atoms with Crippen LogP contribution in [0.3, 0.4) is 0 Å². The molecule has 5 rings (SSSR count). The van der Waals surface area contributed by atoms with Crippen molar-refractivity contribution < 1.29 is 4.79 Å².